The van der Waals surface area contributed by atoms with Gasteiger partial charge in [0.2, 0.25) is 5.91 Å². The number of aliphatic hydroxyl groups excluding tert-OH is 1. The SMILES string of the molecule is CCC(CO)NC(=O)CCNC(=O)c1cccs1. The third-order valence-corrected chi connectivity index (χ3v) is 3.33. The second kappa shape index (κ2) is 7.84. The van der Waals surface area contributed by atoms with Crippen molar-refractivity contribution in [3.8, 4) is 0 Å². The van der Waals surface area contributed by atoms with Crippen molar-refractivity contribution in [3.05, 3.63) is 22.4 Å². The molecule has 0 saturated heterocycles. The van der Waals surface area contributed by atoms with E-state index in [2.05, 4.69) is 10.6 Å². The van der Waals surface area contributed by atoms with E-state index < -0.39 is 0 Å². The van der Waals surface area contributed by atoms with Crippen LogP contribution in [0.4, 0.5) is 0 Å². The van der Waals surface area contributed by atoms with Crippen molar-refractivity contribution in [2.45, 2.75) is 25.8 Å². The zero-order chi connectivity index (χ0) is 13.4. The van der Waals surface area contributed by atoms with E-state index in [1.54, 1.807) is 12.1 Å². The maximum absolute atomic E-state index is 11.5. The number of aliphatic hydroxyl groups is 1. The van der Waals surface area contributed by atoms with Gasteiger partial charge < -0.3 is 15.7 Å². The van der Waals surface area contributed by atoms with Gasteiger partial charge in [0.1, 0.15) is 0 Å². The molecule has 18 heavy (non-hydrogen) atoms. The monoisotopic (exact) mass is 270 g/mol. The third-order valence-electron chi connectivity index (χ3n) is 2.46. The van der Waals surface area contributed by atoms with Gasteiger partial charge in [-0.25, -0.2) is 0 Å². The number of nitrogens with one attached hydrogen (secondary N) is 2. The van der Waals surface area contributed by atoms with Crippen LogP contribution in [-0.2, 0) is 4.79 Å². The minimum atomic E-state index is -0.203. The Balaban J connectivity index is 2.21. The normalized spacial score (nSPS) is 11.9. The van der Waals surface area contributed by atoms with Gasteiger partial charge in [-0.05, 0) is 17.9 Å². The van der Waals surface area contributed by atoms with Gasteiger partial charge in [-0.2, -0.15) is 0 Å². The molecule has 1 atom stereocenters. The molecule has 5 nitrogen and oxygen atoms in total. The third kappa shape index (κ3) is 4.85. The van der Waals surface area contributed by atoms with E-state index in [1.165, 1.54) is 11.3 Å². The Morgan fingerprint density at radius 1 is 1.50 bits per heavy atom. The van der Waals surface area contributed by atoms with Gasteiger partial charge in [0.05, 0.1) is 17.5 Å². The molecule has 100 valence electrons. The molecule has 1 rings (SSSR count). The highest BCUT2D eigenvalue weighted by Gasteiger charge is 2.10. The summed E-state index contributed by atoms with van der Waals surface area (Å²) in [7, 11) is 0. The van der Waals surface area contributed by atoms with Crippen molar-refractivity contribution in [3.63, 3.8) is 0 Å². The predicted molar refractivity (Wildman–Crippen MR) is 70.6 cm³/mol. The molecule has 0 saturated carbocycles. The van der Waals surface area contributed by atoms with Crippen molar-refractivity contribution in [2.75, 3.05) is 13.2 Å². The second-order valence-electron chi connectivity index (χ2n) is 3.84. The summed E-state index contributed by atoms with van der Waals surface area (Å²) in [5, 5.41) is 16.1. The van der Waals surface area contributed by atoms with Gasteiger partial charge in [0.25, 0.3) is 5.91 Å². The van der Waals surface area contributed by atoms with Crippen LogP contribution in [0.1, 0.15) is 29.4 Å². The van der Waals surface area contributed by atoms with Crippen molar-refractivity contribution in [1.82, 2.24) is 10.6 Å². The lowest BCUT2D eigenvalue weighted by Gasteiger charge is -2.13. The highest BCUT2D eigenvalue weighted by molar-refractivity contribution is 7.12. The van der Waals surface area contributed by atoms with Gasteiger partial charge >= 0.3 is 0 Å². The van der Waals surface area contributed by atoms with E-state index >= 15 is 0 Å². The van der Waals surface area contributed by atoms with E-state index in [0.29, 0.717) is 17.8 Å². The van der Waals surface area contributed by atoms with Crippen LogP contribution in [0, 0.1) is 0 Å². The van der Waals surface area contributed by atoms with Crippen LogP contribution in [0.3, 0.4) is 0 Å². The van der Waals surface area contributed by atoms with E-state index in [1.807, 2.05) is 12.3 Å². The fourth-order valence-corrected chi connectivity index (χ4v) is 2.00. The van der Waals surface area contributed by atoms with Crippen molar-refractivity contribution in [1.29, 1.82) is 0 Å². The van der Waals surface area contributed by atoms with E-state index in [9.17, 15) is 9.59 Å². The Bertz CT molecular complexity index is 375. The fourth-order valence-electron chi connectivity index (χ4n) is 1.36. The molecule has 0 bridgehead atoms. The van der Waals surface area contributed by atoms with Crippen LogP contribution in [0.5, 0.6) is 0 Å². The zero-order valence-electron chi connectivity index (χ0n) is 10.3. The number of amides is 2. The summed E-state index contributed by atoms with van der Waals surface area (Å²) in [5.74, 6) is -0.325. The van der Waals surface area contributed by atoms with Crippen molar-refractivity contribution >= 4 is 23.2 Å². The molecule has 0 aromatic carbocycles. The number of hydrogen-bond donors (Lipinski definition) is 3. The van der Waals surface area contributed by atoms with E-state index in [4.69, 9.17) is 5.11 Å². The summed E-state index contributed by atoms with van der Waals surface area (Å²) in [6.45, 7) is 2.12. The molecular formula is C12H18N2O3S. The number of carbonyl (C=O) groups is 2. The topological polar surface area (TPSA) is 78.4 Å². The summed E-state index contributed by atoms with van der Waals surface area (Å²) >= 11 is 1.36. The van der Waals surface area contributed by atoms with Crippen LogP contribution in [-0.4, -0.2) is 36.1 Å². The van der Waals surface area contributed by atoms with Gasteiger partial charge in [-0.15, -0.1) is 11.3 Å². The average molecular weight is 270 g/mol. The average Bonchev–Trinajstić information content (AvgIpc) is 2.89. The van der Waals surface area contributed by atoms with Gasteiger partial charge in [0.15, 0.2) is 0 Å². The minimum Gasteiger partial charge on any atom is -0.394 e. The summed E-state index contributed by atoms with van der Waals surface area (Å²) in [6, 6.07) is 3.34. The van der Waals surface area contributed by atoms with Crippen molar-refractivity contribution < 1.29 is 14.7 Å². The number of rotatable bonds is 7. The number of carbonyl (C=O) groups excluding carboxylic acids is 2. The predicted octanol–water partition coefficient (Wildman–Crippen LogP) is 0.755. The summed E-state index contributed by atoms with van der Waals surface area (Å²) in [5.41, 5.74) is 0. The fraction of sp³-hybridized carbons (Fsp3) is 0.500. The maximum atomic E-state index is 11.5. The van der Waals surface area contributed by atoms with E-state index in [-0.39, 0.29) is 30.9 Å². The molecule has 1 aromatic rings. The Kier molecular flexibility index (Phi) is 6.38. The lowest BCUT2D eigenvalue weighted by Crippen LogP contribution is -2.38. The Labute approximate surface area is 110 Å². The Morgan fingerprint density at radius 2 is 2.28 bits per heavy atom. The van der Waals surface area contributed by atoms with Gasteiger partial charge in [-0.3, -0.25) is 9.59 Å². The molecule has 0 aliphatic heterocycles. The Hall–Kier alpha value is -1.40. The molecule has 0 fully saturated rings. The highest BCUT2D eigenvalue weighted by atomic mass is 32.1. The van der Waals surface area contributed by atoms with Crippen LogP contribution < -0.4 is 10.6 Å². The smallest absolute Gasteiger partial charge is 0.261 e. The molecule has 0 radical (unpaired) electrons. The number of hydrogen-bond acceptors (Lipinski definition) is 4. The summed E-state index contributed by atoms with van der Waals surface area (Å²) < 4.78 is 0. The first kappa shape index (κ1) is 14.7. The molecule has 1 aromatic heterocycles. The maximum Gasteiger partial charge on any atom is 0.261 e. The minimum absolute atomic E-state index is 0.0657. The lowest BCUT2D eigenvalue weighted by atomic mass is 10.2. The van der Waals surface area contributed by atoms with Crippen LogP contribution in [0.15, 0.2) is 17.5 Å². The largest absolute Gasteiger partial charge is 0.394 e. The summed E-state index contributed by atoms with van der Waals surface area (Å²) in [6.07, 6.45) is 0.900. The first-order valence-corrected chi connectivity index (χ1v) is 6.77. The second-order valence-corrected chi connectivity index (χ2v) is 4.79. The molecular weight excluding hydrogens is 252 g/mol. The van der Waals surface area contributed by atoms with Gasteiger partial charge in [-0.1, -0.05) is 13.0 Å². The van der Waals surface area contributed by atoms with Crippen molar-refractivity contribution in [2.24, 2.45) is 0 Å². The molecule has 0 aliphatic carbocycles. The van der Waals surface area contributed by atoms with Crippen LogP contribution >= 0.6 is 11.3 Å². The Morgan fingerprint density at radius 3 is 2.83 bits per heavy atom. The molecule has 2 amide bonds. The first-order valence-electron chi connectivity index (χ1n) is 5.89. The molecule has 0 spiro atoms. The zero-order valence-corrected chi connectivity index (χ0v) is 11.1. The number of thiophene rings is 1. The molecule has 1 unspecified atom stereocenters. The van der Waals surface area contributed by atoms with Crippen LogP contribution in [0.25, 0.3) is 0 Å². The molecule has 1 heterocycles. The quantitative estimate of drug-likeness (QED) is 0.684. The van der Waals surface area contributed by atoms with Crippen LogP contribution in [0.2, 0.25) is 0 Å². The van der Waals surface area contributed by atoms with E-state index in [0.717, 1.165) is 0 Å². The molecule has 3 N–H and O–H groups in total. The lowest BCUT2D eigenvalue weighted by molar-refractivity contribution is -0.122. The molecule has 0 aliphatic rings. The van der Waals surface area contributed by atoms with Gasteiger partial charge in [0, 0.05) is 13.0 Å². The first-order chi connectivity index (χ1) is 8.67. The highest BCUT2D eigenvalue weighted by Crippen LogP contribution is 2.07. The summed E-state index contributed by atoms with van der Waals surface area (Å²) in [4.78, 5) is 23.7. The molecule has 6 heteroatoms. The standard InChI is InChI=1S/C12H18N2O3S/c1-2-9(8-15)14-11(16)5-6-13-12(17)10-4-3-7-18-10/h3-4,7,9,15H,2,5-6,8H2,1H3,(H,13,17)(H,14,16).